The zero-order valence-electron chi connectivity index (χ0n) is 26.7. The van der Waals surface area contributed by atoms with Gasteiger partial charge >= 0.3 is 5.97 Å². The van der Waals surface area contributed by atoms with E-state index < -0.39 is 35.8 Å². The molecule has 3 aromatic carbocycles. The van der Waals surface area contributed by atoms with E-state index in [4.69, 9.17) is 9.84 Å². The minimum absolute atomic E-state index is 0.0890. The quantitative estimate of drug-likeness (QED) is 0.0891. The number of rotatable bonds is 15. The highest BCUT2D eigenvalue weighted by atomic mass is 32.2. The number of hydrogen-bond donors (Lipinski definition) is 4. The fraction of sp³-hybridized carbons (Fsp3) is 0.343. The van der Waals surface area contributed by atoms with Gasteiger partial charge in [0, 0.05) is 17.1 Å². The Morgan fingerprint density at radius 2 is 1.70 bits per heavy atom. The maximum Gasteiger partial charge on any atom is 0.305 e. The number of unbranched alkanes of at least 4 members (excludes halogenated alkanes) is 1. The van der Waals surface area contributed by atoms with Gasteiger partial charge in [-0.15, -0.1) is 23.5 Å². The fourth-order valence-corrected chi connectivity index (χ4v) is 7.21. The molecule has 0 aromatic heterocycles. The molecular weight excluding hydrogens is 639 g/mol. The first-order valence-corrected chi connectivity index (χ1v) is 17.6. The molecule has 0 saturated heterocycles. The van der Waals surface area contributed by atoms with Crippen LogP contribution in [0.4, 0.5) is 11.4 Å². The van der Waals surface area contributed by atoms with Crippen molar-refractivity contribution in [3.05, 3.63) is 78.4 Å². The van der Waals surface area contributed by atoms with Crippen molar-refractivity contribution in [2.24, 2.45) is 5.41 Å². The van der Waals surface area contributed by atoms with Crippen LogP contribution >= 0.6 is 23.5 Å². The van der Waals surface area contributed by atoms with Crippen molar-refractivity contribution in [2.45, 2.75) is 61.8 Å². The number of hydrogen-bond acceptors (Lipinski definition) is 7. The molecule has 47 heavy (non-hydrogen) atoms. The van der Waals surface area contributed by atoms with E-state index in [1.807, 2.05) is 56.5 Å². The smallest absolute Gasteiger partial charge is 0.305 e. The predicted octanol–water partition coefficient (Wildman–Crippen LogP) is 5.85. The fourth-order valence-electron chi connectivity index (χ4n) is 5.40. The van der Waals surface area contributed by atoms with Gasteiger partial charge in [0.1, 0.15) is 17.2 Å². The number of fused-ring (bicyclic) bond motifs is 1. The predicted molar refractivity (Wildman–Crippen MR) is 184 cm³/mol. The highest BCUT2D eigenvalue weighted by Gasteiger charge is 2.49. The van der Waals surface area contributed by atoms with Gasteiger partial charge in [0.15, 0.2) is 11.7 Å². The van der Waals surface area contributed by atoms with Crippen LogP contribution in [0.2, 0.25) is 0 Å². The third kappa shape index (κ3) is 8.36. The molecule has 1 aliphatic heterocycles. The van der Waals surface area contributed by atoms with Crippen molar-refractivity contribution in [1.82, 2.24) is 10.6 Å². The summed E-state index contributed by atoms with van der Waals surface area (Å²) in [6, 6.07) is 20.4. The Kier molecular flexibility index (Phi) is 12.5. The van der Waals surface area contributed by atoms with E-state index in [9.17, 15) is 24.0 Å². The lowest BCUT2D eigenvalue weighted by atomic mass is 9.79. The summed E-state index contributed by atoms with van der Waals surface area (Å²) in [7, 11) is 0. The molecular formula is C35H40N3O7S2. The number of nitrogens with zero attached hydrogens (tertiary/aromatic N) is 1. The summed E-state index contributed by atoms with van der Waals surface area (Å²) in [5.74, 6) is -2.06. The Bertz CT molecular complexity index is 1600. The molecule has 4 rings (SSSR count). The van der Waals surface area contributed by atoms with E-state index in [2.05, 4.69) is 10.6 Å². The van der Waals surface area contributed by atoms with Gasteiger partial charge in [0.25, 0.3) is 5.91 Å². The summed E-state index contributed by atoms with van der Waals surface area (Å²) in [5, 5.41) is 14.0. The second-order valence-electron chi connectivity index (χ2n) is 11.1. The highest BCUT2D eigenvalue weighted by molar-refractivity contribution is 8.14. The molecule has 0 bridgehead atoms. The van der Waals surface area contributed by atoms with Crippen LogP contribution in [0.3, 0.4) is 0 Å². The second kappa shape index (κ2) is 16.5. The van der Waals surface area contributed by atoms with Gasteiger partial charge in [0.2, 0.25) is 11.8 Å². The standard InChI is InChI=1S/C35H40N3O7S2/c1-4-6-18-35(5-2)33(43)38(24-15-11-8-12-16-24)25-20-28(46-3)26(21-27(25)47-34(35)44)45-22-29(39)37-31(23-13-9-7-10-14-23)32(42)36-19-17-30(40)41/h7-16,20-21,31,47H,4-6,17-19,22H2,1-3H3,(H,36,42)(H,37,39)(H,40,41)/t31-,35?/m1/s1. The van der Waals surface area contributed by atoms with Crippen LogP contribution in [0.5, 0.6) is 5.75 Å². The number of benzene rings is 3. The summed E-state index contributed by atoms with van der Waals surface area (Å²) >= 11 is 1.74. The van der Waals surface area contributed by atoms with Gasteiger partial charge in [-0.2, -0.15) is 0 Å². The van der Waals surface area contributed by atoms with Gasteiger partial charge in [-0.1, -0.05) is 75.2 Å². The van der Waals surface area contributed by atoms with Crippen molar-refractivity contribution in [1.29, 1.82) is 0 Å². The minimum Gasteiger partial charge on any atom is -0.483 e. The number of carboxylic acid groups (broad SMARTS) is 1. The second-order valence-corrected chi connectivity index (χ2v) is 13.0. The number of thiol groups is 1. The number of amides is 3. The van der Waals surface area contributed by atoms with E-state index in [-0.39, 0.29) is 24.0 Å². The van der Waals surface area contributed by atoms with Crippen molar-refractivity contribution < 1.29 is 33.8 Å². The van der Waals surface area contributed by atoms with Crippen LogP contribution in [0.25, 0.3) is 0 Å². The van der Waals surface area contributed by atoms with Crippen LogP contribution in [0, 0.1) is 5.41 Å². The normalized spacial score (nSPS) is 16.5. The van der Waals surface area contributed by atoms with E-state index >= 15 is 0 Å². The number of carboxylic acids is 1. The summed E-state index contributed by atoms with van der Waals surface area (Å²) < 4.78 is 6.01. The molecule has 12 heteroatoms. The number of aliphatic carboxylic acids is 1. The van der Waals surface area contributed by atoms with Crippen LogP contribution < -0.4 is 20.3 Å². The molecule has 2 atom stereocenters. The van der Waals surface area contributed by atoms with Crippen molar-refractivity contribution in [3.8, 4) is 5.75 Å². The Balaban J connectivity index is 1.63. The third-order valence-corrected chi connectivity index (χ3v) is 10.0. The maximum absolute atomic E-state index is 14.4. The number of anilines is 2. The average molecular weight is 679 g/mol. The zero-order valence-corrected chi connectivity index (χ0v) is 28.4. The Morgan fingerprint density at radius 3 is 2.32 bits per heavy atom. The molecule has 3 N–H and O–H groups in total. The maximum atomic E-state index is 14.4. The molecule has 0 aliphatic carbocycles. The molecule has 1 aliphatic rings. The van der Waals surface area contributed by atoms with Crippen molar-refractivity contribution in [2.75, 3.05) is 24.3 Å². The van der Waals surface area contributed by atoms with E-state index in [1.54, 1.807) is 41.3 Å². The first-order valence-electron chi connectivity index (χ1n) is 15.5. The van der Waals surface area contributed by atoms with Crippen LogP contribution in [-0.2, 0) is 24.0 Å². The van der Waals surface area contributed by atoms with Gasteiger partial charge in [-0.25, -0.2) is 0 Å². The summed E-state index contributed by atoms with van der Waals surface area (Å²) in [6.07, 6.45) is 4.01. The van der Waals surface area contributed by atoms with Gasteiger partial charge in [0.05, 0.1) is 17.0 Å². The van der Waals surface area contributed by atoms with E-state index in [0.717, 1.165) is 12.8 Å². The first-order chi connectivity index (χ1) is 22.6. The topological polar surface area (TPSA) is 142 Å². The van der Waals surface area contributed by atoms with Crippen LogP contribution in [0.1, 0.15) is 57.6 Å². The average Bonchev–Trinajstić information content (AvgIpc) is 3.16. The number of carbonyl (C=O) groups excluding carboxylic acids is 4. The summed E-state index contributed by atoms with van der Waals surface area (Å²) in [6.45, 7) is 3.40. The lowest BCUT2D eigenvalue weighted by Gasteiger charge is -2.33. The number of thioether (sulfide) groups is 1. The van der Waals surface area contributed by atoms with E-state index in [0.29, 0.717) is 57.1 Å². The third-order valence-electron chi connectivity index (χ3n) is 8.02. The largest absolute Gasteiger partial charge is 0.483 e. The Labute approximate surface area is 283 Å². The molecule has 0 fully saturated rings. The lowest BCUT2D eigenvalue weighted by molar-refractivity contribution is -0.138. The zero-order chi connectivity index (χ0) is 34.0. The number of para-hydroxylation sites is 1. The van der Waals surface area contributed by atoms with E-state index in [1.165, 1.54) is 11.8 Å². The molecule has 0 spiro atoms. The number of nitrogens with one attached hydrogen (secondary N) is 2. The number of ether oxygens (including phenoxy) is 1. The summed E-state index contributed by atoms with van der Waals surface area (Å²) in [4.78, 5) is 68.3. The monoisotopic (exact) mass is 678 g/mol. The molecule has 1 heterocycles. The SMILES string of the molecule is CCCCC1(CC)C(=O)[SH]c2cc(OCC(=O)N[C@@H](C(=O)NCCC(=O)O)c3ccccc3)c(SC)cc2N(c2ccccc2)C1=O. The van der Waals surface area contributed by atoms with Crippen LogP contribution in [-0.4, -0.2) is 53.3 Å². The molecule has 1 unspecified atom stereocenters. The summed E-state index contributed by atoms with van der Waals surface area (Å²) in [5.41, 5.74) is 0.594. The molecule has 1 radical (unpaired) electrons. The van der Waals surface area contributed by atoms with Gasteiger partial charge in [-0.3, -0.25) is 28.9 Å². The highest BCUT2D eigenvalue weighted by Crippen LogP contribution is 2.51. The minimum atomic E-state index is -1.18. The number of carbonyl (C=O) groups is 5. The van der Waals surface area contributed by atoms with Crippen molar-refractivity contribution >= 4 is 63.7 Å². The molecule has 3 amide bonds. The molecule has 10 nitrogen and oxygen atoms in total. The van der Waals surface area contributed by atoms with Crippen molar-refractivity contribution in [3.63, 3.8) is 0 Å². The Morgan fingerprint density at radius 1 is 1.02 bits per heavy atom. The molecule has 249 valence electrons. The Hall–Kier alpha value is -4.29. The van der Waals surface area contributed by atoms with Crippen LogP contribution in [0.15, 0.2) is 82.6 Å². The molecule has 0 saturated carbocycles. The van der Waals surface area contributed by atoms with Gasteiger partial charge in [-0.05, 0) is 48.9 Å². The lowest BCUT2D eigenvalue weighted by Crippen LogP contribution is -2.44. The first kappa shape index (κ1) is 35.6. The molecule has 3 aromatic rings. The van der Waals surface area contributed by atoms with Gasteiger partial charge < -0.3 is 20.5 Å².